The fourth-order valence-corrected chi connectivity index (χ4v) is 2.16. The monoisotopic (exact) mass is 382 g/mol. The van der Waals surface area contributed by atoms with E-state index in [1.54, 1.807) is 0 Å². The van der Waals surface area contributed by atoms with Crippen molar-refractivity contribution in [2.75, 3.05) is 13.1 Å². The topological polar surface area (TPSA) is 41.1 Å². The second-order valence-corrected chi connectivity index (χ2v) is 5.31. The number of halogens is 2. The minimum absolute atomic E-state index is 0. The fraction of sp³-hybridized carbons (Fsp3) is 0.462. The van der Waals surface area contributed by atoms with E-state index in [1.165, 1.54) is 0 Å². The van der Waals surface area contributed by atoms with Gasteiger partial charge in [0.2, 0.25) is 0 Å². The highest BCUT2D eigenvalue weighted by atomic mass is 127. The van der Waals surface area contributed by atoms with Crippen LogP contribution < -0.4 is 10.6 Å². The summed E-state index contributed by atoms with van der Waals surface area (Å²) >= 11 is 2.19. The van der Waals surface area contributed by atoms with Gasteiger partial charge in [-0.2, -0.15) is 0 Å². The van der Waals surface area contributed by atoms with Gasteiger partial charge in [-0.1, -0.05) is 18.6 Å². The molecule has 0 radical (unpaired) electrons. The van der Waals surface area contributed by atoms with Crippen LogP contribution in [0.1, 0.15) is 29.8 Å². The third-order valence-electron chi connectivity index (χ3n) is 2.49. The first-order valence-corrected chi connectivity index (χ1v) is 6.90. The average molecular weight is 383 g/mol. The van der Waals surface area contributed by atoms with E-state index >= 15 is 0 Å². The Hall–Kier alpha value is -0.330. The molecule has 1 amide bonds. The van der Waals surface area contributed by atoms with Crippen LogP contribution in [0.15, 0.2) is 18.2 Å². The van der Waals surface area contributed by atoms with E-state index in [-0.39, 0.29) is 18.3 Å². The maximum absolute atomic E-state index is 12.0. The van der Waals surface area contributed by atoms with Crippen molar-refractivity contribution < 1.29 is 4.79 Å². The Morgan fingerprint density at radius 3 is 2.72 bits per heavy atom. The molecule has 102 valence electrons. The van der Waals surface area contributed by atoms with Crippen LogP contribution in [0, 0.1) is 10.5 Å². The van der Waals surface area contributed by atoms with Gasteiger partial charge in [0.05, 0.1) is 5.56 Å². The first-order valence-electron chi connectivity index (χ1n) is 5.82. The lowest BCUT2D eigenvalue weighted by atomic mass is 10.1. The van der Waals surface area contributed by atoms with Crippen LogP contribution in [0.25, 0.3) is 0 Å². The number of benzene rings is 1. The lowest BCUT2D eigenvalue weighted by Crippen LogP contribution is -2.39. The molecule has 1 rings (SSSR count). The summed E-state index contributed by atoms with van der Waals surface area (Å²) < 4.78 is 0.988. The first-order chi connectivity index (χ1) is 8.04. The molecule has 0 aromatic heterocycles. The molecule has 0 spiro atoms. The molecule has 18 heavy (non-hydrogen) atoms. The minimum Gasteiger partial charge on any atom is -0.350 e. The molecule has 0 heterocycles. The smallest absolute Gasteiger partial charge is 0.252 e. The van der Waals surface area contributed by atoms with Gasteiger partial charge >= 0.3 is 0 Å². The summed E-state index contributed by atoms with van der Waals surface area (Å²) in [5, 5.41) is 6.21. The van der Waals surface area contributed by atoms with Crippen molar-refractivity contribution >= 4 is 40.9 Å². The van der Waals surface area contributed by atoms with Crippen molar-refractivity contribution in [2.24, 2.45) is 0 Å². The van der Waals surface area contributed by atoms with E-state index in [1.807, 2.05) is 25.1 Å². The zero-order chi connectivity index (χ0) is 12.8. The Morgan fingerprint density at radius 1 is 1.44 bits per heavy atom. The lowest BCUT2D eigenvalue weighted by Gasteiger charge is -2.14. The number of carbonyl (C=O) groups is 1. The van der Waals surface area contributed by atoms with Gasteiger partial charge in [0.1, 0.15) is 0 Å². The van der Waals surface area contributed by atoms with Gasteiger partial charge in [-0.15, -0.1) is 12.4 Å². The molecule has 0 saturated heterocycles. The van der Waals surface area contributed by atoms with Crippen molar-refractivity contribution in [3.05, 3.63) is 32.9 Å². The van der Waals surface area contributed by atoms with Gasteiger partial charge in [0.25, 0.3) is 5.91 Å². The Kier molecular flexibility index (Phi) is 8.56. The molecular weight excluding hydrogens is 363 g/mol. The fourth-order valence-electron chi connectivity index (χ4n) is 1.57. The molecule has 0 aliphatic rings. The molecule has 0 unspecified atom stereocenters. The van der Waals surface area contributed by atoms with Gasteiger partial charge in [0.15, 0.2) is 0 Å². The largest absolute Gasteiger partial charge is 0.350 e. The number of hydrogen-bond donors (Lipinski definition) is 2. The maximum atomic E-state index is 12.0. The van der Waals surface area contributed by atoms with Crippen molar-refractivity contribution in [1.29, 1.82) is 0 Å². The van der Waals surface area contributed by atoms with Gasteiger partial charge < -0.3 is 10.6 Å². The molecule has 2 N–H and O–H groups in total. The highest BCUT2D eigenvalue weighted by molar-refractivity contribution is 14.1. The molecule has 5 heteroatoms. The summed E-state index contributed by atoms with van der Waals surface area (Å²) in [5.41, 5.74) is 1.87. The van der Waals surface area contributed by atoms with Crippen LogP contribution in [0.4, 0.5) is 0 Å². The summed E-state index contributed by atoms with van der Waals surface area (Å²) in [4.78, 5) is 12.0. The molecule has 0 aliphatic heterocycles. The number of aryl methyl sites for hydroxylation is 1. The van der Waals surface area contributed by atoms with E-state index in [0.29, 0.717) is 12.6 Å². The third-order valence-corrected chi connectivity index (χ3v) is 3.43. The van der Waals surface area contributed by atoms with Gasteiger partial charge in [-0.3, -0.25) is 4.79 Å². The number of amides is 1. The molecular formula is C13H20ClIN2O. The predicted octanol–water partition coefficient (Wildman–Crippen LogP) is 2.75. The predicted molar refractivity (Wildman–Crippen MR) is 86.6 cm³/mol. The van der Waals surface area contributed by atoms with Crippen LogP contribution >= 0.6 is 35.0 Å². The normalized spacial score (nSPS) is 11.6. The van der Waals surface area contributed by atoms with Crippen molar-refractivity contribution in [1.82, 2.24) is 10.6 Å². The van der Waals surface area contributed by atoms with E-state index in [2.05, 4.69) is 47.1 Å². The molecule has 0 saturated carbocycles. The second kappa shape index (κ2) is 8.72. The van der Waals surface area contributed by atoms with Crippen LogP contribution in [-0.2, 0) is 0 Å². The van der Waals surface area contributed by atoms with Crippen LogP contribution in [-0.4, -0.2) is 25.0 Å². The highest BCUT2D eigenvalue weighted by Crippen LogP contribution is 2.13. The zero-order valence-corrected chi connectivity index (χ0v) is 13.9. The summed E-state index contributed by atoms with van der Waals surface area (Å²) in [5.74, 6) is 0.00264. The molecule has 0 bridgehead atoms. The molecule has 1 atom stereocenters. The Balaban J connectivity index is 0.00000289. The number of likely N-dealkylation sites (N-methyl/N-ethyl adjacent to an activating group) is 1. The van der Waals surface area contributed by atoms with E-state index in [0.717, 1.165) is 21.2 Å². The third kappa shape index (κ3) is 5.54. The van der Waals surface area contributed by atoms with E-state index in [9.17, 15) is 4.79 Å². The van der Waals surface area contributed by atoms with Crippen LogP contribution in [0.3, 0.4) is 0 Å². The summed E-state index contributed by atoms with van der Waals surface area (Å²) in [7, 11) is 0. The Morgan fingerprint density at radius 2 is 2.11 bits per heavy atom. The number of hydrogen-bond acceptors (Lipinski definition) is 2. The minimum atomic E-state index is 0. The van der Waals surface area contributed by atoms with E-state index in [4.69, 9.17) is 0 Å². The summed E-state index contributed by atoms with van der Waals surface area (Å²) in [6, 6.07) is 6.21. The first kappa shape index (κ1) is 17.7. The van der Waals surface area contributed by atoms with Crippen LogP contribution in [0.5, 0.6) is 0 Å². The lowest BCUT2D eigenvalue weighted by molar-refractivity contribution is 0.0949. The van der Waals surface area contributed by atoms with Crippen LogP contribution in [0.2, 0.25) is 0 Å². The molecule has 0 aliphatic carbocycles. The summed E-state index contributed by atoms with van der Waals surface area (Å²) in [6.07, 6.45) is 0. The zero-order valence-electron chi connectivity index (χ0n) is 10.9. The second-order valence-electron chi connectivity index (χ2n) is 4.15. The Bertz CT molecular complexity index is 399. The molecule has 0 fully saturated rings. The highest BCUT2D eigenvalue weighted by Gasteiger charge is 2.10. The number of nitrogens with one attached hydrogen (secondary N) is 2. The van der Waals surface area contributed by atoms with Crippen molar-refractivity contribution in [2.45, 2.75) is 26.8 Å². The standard InChI is InChI=1S/C13H19IN2O.ClH/c1-4-15-10(3)8-16-13(17)11-7-9(2)5-6-12(11)14;/h5-7,10,15H,4,8H2,1-3H3,(H,16,17);1H/t10-;/m1./s1. The number of rotatable bonds is 5. The van der Waals surface area contributed by atoms with E-state index < -0.39 is 0 Å². The van der Waals surface area contributed by atoms with Gasteiger partial charge in [-0.25, -0.2) is 0 Å². The SMILES string of the molecule is CCN[C@H](C)CNC(=O)c1cc(C)ccc1I.Cl. The van der Waals surface area contributed by atoms with Gasteiger partial charge in [-0.05, 0) is 55.1 Å². The summed E-state index contributed by atoms with van der Waals surface area (Å²) in [6.45, 7) is 7.68. The quantitative estimate of drug-likeness (QED) is 0.769. The molecule has 1 aromatic rings. The molecule has 1 aromatic carbocycles. The van der Waals surface area contributed by atoms with Crippen molar-refractivity contribution in [3.63, 3.8) is 0 Å². The Labute approximate surface area is 129 Å². The van der Waals surface area contributed by atoms with Crippen molar-refractivity contribution in [3.8, 4) is 0 Å². The van der Waals surface area contributed by atoms with Gasteiger partial charge in [0, 0.05) is 16.2 Å². The average Bonchev–Trinajstić information content (AvgIpc) is 2.29. The number of carbonyl (C=O) groups excluding carboxylic acids is 1. The molecule has 3 nitrogen and oxygen atoms in total. The maximum Gasteiger partial charge on any atom is 0.252 e.